The van der Waals surface area contributed by atoms with E-state index in [1.165, 1.54) is 16.7 Å². The van der Waals surface area contributed by atoms with Crippen LogP contribution in [0.1, 0.15) is 29.2 Å². The summed E-state index contributed by atoms with van der Waals surface area (Å²) in [7, 11) is 0. The number of halogens is 1. The van der Waals surface area contributed by atoms with Crippen molar-refractivity contribution >= 4 is 15.9 Å². The van der Waals surface area contributed by atoms with Gasteiger partial charge in [0.2, 0.25) is 0 Å². The lowest BCUT2D eigenvalue weighted by Gasteiger charge is -2.32. The zero-order valence-electron chi connectivity index (χ0n) is 16.6. The van der Waals surface area contributed by atoms with Crippen LogP contribution in [0.25, 0.3) is 0 Å². The van der Waals surface area contributed by atoms with Crippen LogP contribution >= 0.6 is 15.9 Å². The van der Waals surface area contributed by atoms with Gasteiger partial charge in [-0.3, -0.25) is 4.90 Å². The summed E-state index contributed by atoms with van der Waals surface area (Å²) in [6.45, 7) is 4.75. The molecule has 3 nitrogen and oxygen atoms in total. The van der Waals surface area contributed by atoms with Crippen molar-refractivity contribution in [2.24, 2.45) is 0 Å². The Hall–Kier alpha value is -2.14. The van der Waals surface area contributed by atoms with Crippen LogP contribution in [0.5, 0.6) is 5.75 Å². The van der Waals surface area contributed by atoms with Gasteiger partial charge in [-0.15, -0.1) is 0 Å². The zero-order valence-corrected chi connectivity index (χ0v) is 18.1. The second-order valence-electron chi connectivity index (χ2n) is 7.41. The molecule has 29 heavy (non-hydrogen) atoms. The summed E-state index contributed by atoms with van der Waals surface area (Å²) in [5.41, 5.74) is 3.70. The van der Waals surface area contributed by atoms with Crippen LogP contribution in [0.4, 0.5) is 0 Å². The maximum Gasteiger partial charge on any atom is 0.124 e. The van der Waals surface area contributed by atoms with Crippen molar-refractivity contribution < 1.29 is 4.74 Å². The average molecular weight is 451 g/mol. The average Bonchev–Trinajstić information content (AvgIpc) is 3.04. The molecule has 1 aliphatic heterocycles. The summed E-state index contributed by atoms with van der Waals surface area (Å²) in [5.74, 6) is 0.957. The van der Waals surface area contributed by atoms with E-state index in [0.717, 1.165) is 42.8 Å². The number of para-hydroxylation sites is 1. The first-order chi connectivity index (χ1) is 14.3. The molecular weight excluding hydrogens is 424 g/mol. The maximum atomic E-state index is 6.32. The van der Waals surface area contributed by atoms with E-state index in [2.05, 4.69) is 98.9 Å². The smallest absolute Gasteiger partial charge is 0.124 e. The molecule has 0 amide bonds. The van der Waals surface area contributed by atoms with E-state index in [1.54, 1.807) is 0 Å². The molecule has 4 rings (SSSR count). The molecule has 1 unspecified atom stereocenters. The minimum atomic E-state index is 0.166. The summed E-state index contributed by atoms with van der Waals surface area (Å²) in [6, 6.07) is 27.7. The minimum absolute atomic E-state index is 0.166. The fourth-order valence-electron chi connectivity index (χ4n) is 3.96. The van der Waals surface area contributed by atoms with Gasteiger partial charge in [0.25, 0.3) is 0 Å². The molecule has 1 heterocycles. The lowest BCUT2D eigenvalue weighted by atomic mass is 9.96. The van der Waals surface area contributed by atoms with Gasteiger partial charge < -0.3 is 10.1 Å². The SMILES string of the molecule is Brc1cccc(C(c2ccccc2OCc2ccccc2)N2CCCNCC2)c1. The van der Waals surface area contributed by atoms with E-state index < -0.39 is 0 Å². The quantitative estimate of drug-likeness (QED) is 0.542. The molecule has 1 aliphatic rings. The molecule has 3 aromatic carbocycles. The Morgan fingerprint density at radius 2 is 1.72 bits per heavy atom. The number of ether oxygens (including phenoxy) is 1. The van der Waals surface area contributed by atoms with Crippen LogP contribution < -0.4 is 10.1 Å². The Bertz CT molecular complexity index is 907. The van der Waals surface area contributed by atoms with Gasteiger partial charge in [0.15, 0.2) is 0 Å². The predicted octanol–water partition coefficient (Wildman–Crippen LogP) is 5.41. The highest BCUT2D eigenvalue weighted by Gasteiger charge is 2.26. The van der Waals surface area contributed by atoms with Crippen molar-refractivity contribution in [2.45, 2.75) is 19.1 Å². The van der Waals surface area contributed by atoms with Gasteiger partial charge in [0, 0.05) is 29.7 Å². The van der Waals surface area contributed by atoms with Crippen molar-refractivity contribution in [3.8, 4) is 5.75 Å². The van der Waals surface area contributed by atoms with E-state index in [1.807, 2.05) is 6.07 Å². The van der Waals surface area contributed by atoms with Crippen molar-refractivity contribution in [3.63, 3.8) is 0 Å². The number of benzene rings is 3. The summed E-state index contributed by atoms with van der Waals surface area (Å²) in [4.78, 5) is 2.58. The molecule has 4 heteroatoms. The standard InChI is InChI=1S/C25H27BrN2O/c26-22-11-6-10-21(18-22)25(28-16-7-14-27-15-17-28)23-12-4-5-13-24(23)29-19-20-8-2-1-3-9-20/h1-6,8-13,18,25,27H,7,14-17,19H2. The molecule has 150 valence electrons. The third-order valence-electron chi connectivity index (χ3n) is 5.35. The lowest BCUT2D eigenvalue weighted by Crippen LogP contribution is -2.33. The summed E-state index contributed by atoms with van der Waals surface area (Å²) in [6.07, 6.45) is 1.15. The Morgan fingerprint density at radius 3 is 2.59 bits per heavy atom. The molecule has 1 saturated heterocycles. The molecule has 0 aromatic heterocycles. The molecule has 0 bridgehead atoms. The first-order valence-corrected chi connectivity index (χ1v) is 11.1. The normalized spacial score (nSPS) is 16.2. The zero-order chi connectivity index (χ0) is 19.9. The highest BCUT2D eigenvalue weighted by molar-refractivity contribution is 9.10. The molecule has 1 atom stereocenters. The Balaban J connectivity index is 1.68. The topological polar surface area (TPSA) is 24.5 Å². The summed E-state index contributed by atoms with van der Waals surface area (Å²) >= 11 is 3.66. The third kappa shape index (κ3) is 5.27. The number of hydrogen-bond acceptors (Lipinski definition) is 3. The van der Waals surface area contributed by atoms with E-state index >= 15 is 0 Å². The highest BCUT2D eigenvalue weighted by atomic mass is 79.9. The van der Waals surface area contributed by atoms with Crippen molar-refractivity contribution in [1.29, 1.82) is 0 Å². The van der Waals surface area contributed by atoms with Crippen LogP contribution in [-0.2, 0) is 6.61 Å². The van der Waals surface area contributed by atoms with E-state index in [0.29, 0.717) is 6.61 Å². The van der Waals surface area contributed by atoms with Gasteiger partial charge in [0.1, 0.15) is 12.4 Å². The van der Waals surface area contributed by atoms with Gasteiger partial charge in [-0.2, -0.15) is 0 Å². The van der Waals surface area contributed by atoms with Gasteiger partial charge >= 0.3 is 0 Å². The van der Waals surface area contributed by atoms with E-state index in [4.69, 9.17) is 4.74 Å². The largest absolute Gasteiger partial charge is 0.489 e. The second-order valence-corrected chi connectivity index (χ2v) is 8.32. The van der Waals surface area contributed by atoms with Crippen LogP contribution in [-0.4, -0.2) is 31.1 Å². The predicted molar refractivity (Wildman–Crippen MR) is 122 cm³/mol. The third-order valence-corrected chi connectivity index (χ3v) is 5.85. The minimum Gasteiger partial charge on any atom is -0.489 e. The molecule has 0 saturated carbocycles. The van der Waals surface area contributed by atoms with Crippen molar-refractivity contribution in [2.75, 3.05) is 26.2 Å². The number of nitrogens with one attached hydrogen (secondary N) is 1. The van der Waals surface area contributed by atoms with Crippen LogP contribution in [0.15, 0.2) is 83.3 Å². The lowest BCUT2D eigenvalue weighted by molar-refractivity contribution is 0.230. The van der Waals surface area contributed by atoms with Gasteiger partial charge in [0.05, 0.1) is 6.04 Å². The molecule has 0 spiro atoms. The molecule has 1 fully saturated rings. The van der Waals surface area contributed by atoms with E-state index in [9.17, 15) is 0 Å². The van der Waals surface area contributed by atoms with Crippen molar-refractivity contribution in [3.05, 3.63) is 100 Å². The maximum absolute atomic E-state index is 6.32. The Labute approximate surface area is 181 Å². The van der Waals surface area contributed by atoms with Gasteiger partial charge in [-0.25, -0.2) is 0 Å². The van der Waals surface area contributed by atoms with Crippen LogP contribution in [0.2, 0.25) is 0 Å². The van der Waals surface area contributed by atoms with Gasteiger partial charge in [-0.1, -0.05) is 76.6 Å². The van der Waals surface area contributed by atoms with E-state index in [-0.39, 0.29) is 6.04 Å². The Morgan fingerprint density at radius 1 is 0.897 bits per heavy atom. The molecule has 0 radical (unpaired) electrons. The highest BCUT2D eigenvalue weighted by Crippen LogP contribution is 2.36. The molecule has 1 N–H and O–H groups in total. The number of hydrogen-bond donors (Lipinski definition) is 1. The molecular formula is C25H27BrN2O. The number of rotatable bonds is 6. The monoisotopic (exact) mass is 450 g/mol. The molecule has 0 aliphatic carbocycles. The molecule has 3 aromatic rings. The fraction of sp³-hybridized carbons (Fsp3) is 0.280. The first kappa shape index (κ1) is 20.1. The summed E-state index contributed by atoms with van der Waals surface area (Å²) < 4.78 is 7.43. The first-order valence-electron chi connectivity index (χ1n) is 10.3. The Kier molecular flexibility index (Phi) is 6.99. The van der Waals surface area contributed by atoms with Gasteiger partial charge in [-0.05, 0) is 42.3 Å². The fourth-order valence-corrected chi connectivity index (χ4v) is 4.38. The second kappa shape index (κ2) is 10.1. The summed E-state index contributed by atoms with van der Waals surface area (Å²) in [5, 5.41) is 3.53. The van der Waals surface area contributed by atoms with Crippen LogP contribution in [0.3, 0.4) is 0 Å². The van der Waals surface area contributed by atoms with Crippen molar-refractivity contribution in [1.82, 2.24) is 10.2 Å². The number of nitrogens with zero attached hydrogens (tertiary/aromatic N) is 1. The van der Waals surface area contributed by atoms with Crippen LogP contribution in [0, 0.1) is 0 Å².